The number of hydrogen-bond donors (Lipinski definition) is 2. The lowest BCUT2D eigenvalue weighted by atomic mass is 10.1. The van der Waals surface area contributed by atoms with Gasteiger partial charge in [0.05, 0.1) is 6.04 Å². The number of carbonyl (C=O) groups is 3. The standard InChI is InChI=1S/C14H16N2O4/c1-9(14(19)20)13(18)15-10-7-12(17)16(8-10)11-5-3-2-4-6-11/h2-6,9-10H,7-8H2,1H3,(H,15,18)(H,19,20). The van der Waals surface area contributed by atoms with Crippen molar-refractivity contribution in [3.63, 3.8) is 0 Å². The largest absolute Gasteiger partial charge is 0.481 e. The molecule has 2 amide bonds. The van der Waals surface area contributed by atoms with Crippen LogP contribution in [0.2, 0.25) is 0 Å². The molecule has 0 bridgehead atoms. The van der Waals surface area contributed by atoms with E-state index < -0.39 is 17.8 Å². The van der Waals surface area contributed by atoms with E-state index in [0.29, 0.717) is 6.54 Å². The monoisotopic (exact) mass is 276 g/mol. The van der Waals surface area contributed by atoms with Crippen LogP contribution in [0.3, 0.4) is 0 Å². The molecule has 0 radical (unpaired) electrons. The van der Waals surface area contributed by atoms with Crippen LogP contribution in [0.4, 0.5) is 5.69 Å². The zero-order valence-electron chi connectivity index (χ0n) is 11.1. The van der Waals surface area contributed by atoms with Crippen LogP contribution < -0.4 is 10.2 Å². The van der Waals surface area contributed by atoms with Gasteiger partial charge in [-0.05, 0) is 19.1 Å². The van der Waals surface area contributed by atoms with Crippen molar-refractivity contribution in [3.05, 3.63) is 30.3 Å². The van der Waals surface area contributed by atoms with Crippen molar-refractivity contribution >= 4 is 23.5 Å². The molecule has 1 aliphatic heterocycles. The minimum absolute atomic E-state index is 0.0792. The first kappa shape index (κ1) is 14.0. The van der Waals surface area contributed by atoms with Gasteiger partial charge in [-0.3, -0.25) is 14.4 Å². The summed E-state index contributed by atoms with van der Waals surface area (Å²) in [4.78, 5) is 35.9. The van der Waals surface area contributed by atoms with Crippen LogP contribution >= 0.6 is 0 Å². The number of nitrogens with one attached hydrogen (secondary N) is 1. The van der Waals surface area contributed by atoms with Crippen LogP contribution in [-0.4, -0.2) is 35.5 Å². The average molecular weight is 276 g/mol. The lowest BCUT2D eigenvalue weighted by Crippen LogP contribution is -2.41. The Balaban J connectivity index is 1.99. The molecule has 0 saturated carbocycles. The molecule has 6 nitrogen and oxygen atoms in total. The third-order valence-electron chi connectivity index (χ3n) is 3.30. The summed E-state index contributed by atoms with van der Waals surface area (Å²) in [5.41, 5.74) is 0.778. The molecular weight excluding hydrogens is 260 g/mol. The van der Waals surface area contributed by atoms with Crippen LogP contribution in [0.5, 0.6) is 0 Å². The van der Waals surface area contributed by atoms with Crippen LogP contribution in [-0.2, 0) is 14.4 Å². The van der Waals surface area contributed by atoms with E-state index in [1.54, 1.807) is 4.90 Å². The Kier molecular flexibility index (Phi) is 4.02. The minimum atomic E-state index is -1.17. The highest BCUT2D eigenvalue weighted by Crippen LogP contribution is 2.21. The SMILES string of the molecule is CC(C(=O)O)C(=O)NC1CC(=O)N(c2ccccc2)C1. The predicted octanol–water partition coefficient (Wildman–Crippen LogP) is 0.629. The zero-order chi connectivity index (χ0) is 14.7. The van der Waals surface area contributed by atoms with E-state index in [0.717, 1.165) is 5.69 Å². The second-order valence-electron chi connectivity index (χ2n) is 4.81. The molecule has 106 valence electrons. The Morgan fingerprint density at radius 1 is 1.35 bits per heavy atom. The summed E-state index contributed by atoms with van der Waals surface area (Å²) >= 11 is 0. The van der Waals surface area contributed by atoms with Gasteiger partial charge in [0.1, 0.15) is 5.92 Å². The molecule has 1 aromatic rings. The molecule has 2 atom stereocenters. The van der Waals surface area contributed by atoms with Crippen molar-refractivity contribution in [1.29, 1.82) is 0 Å². The number of carboxylic acid groups (broad SMARTS) is 1. The number of aliphatic carboxylic acids is 1. The molecule has 0 aromatic heterocycles. The Labute approximate surface area is 116 Å². The Hall–Kier alpha value is -2.37. The lowest BCUT2D eigenvalue weighted by Gasteiger charge is -2.17. The fourth-order valence-electron chi connectivity index (χ4n) is 2.10. The van der Waals surface area contributed by atoms with Gasteiger partial charge in [0, 0.05) is 18.7 Å². The summed E-state index contributed by atoms with van der Waals surface area (Å²) in [7, 11) is 0. The fourth-order valence-corrected chi connectivity index (χ4v) is 2.10. The van der Waals surface area contributed by atoms with Gasteiger partial charge in [0.15, 0.2) is 0 Å². The number of amides is 2. The minimum Gasteiger partial charge on any atom is -0.481 e. The number of carboxylic acids is 1. The van der Waals surface area contributed by atoms with E-state index in [2.05, 4.69) is 5.32 Å². The van der Waals surface area contributed by atoms with Crippen LogP contribution in [0.1, 0.15) is 13.3 Å². The highest BCUT2D eigenvalue weighted by Gasteiger charge is 2.33. The van der Waals surface area contributed by atoms with Gasteiger partial charge in [-0.2, -0.15) is 0 Å². The van der Waals surface area contributed by atoms with Gasteiger partial charge in [0.2, 0.25) is 11.8 Å². The summed E-state index contributed by atoms with van der Waals surface area (Å²) in [6, 6.07) is 8.82. The Bertz CT molecular complexity index is 529. The average Bonchev–Trinajstić information content (AvgIpc) is 2.79. The van der Waals surface area contributed by atoms with E-state index in [1.165, 1.54) is 6.92 Å². The number of nitrogens with zero attached hydrogens (tertiary/aromatic N) is 1. The highest BCUT2D eigenvalue weighted by molar-refractivity contribution is 5.99. The second-order valence-corrected chi connectivity index (χ2v) is 4.81. The molecule has 1 aliphatic rings. The summed E-state index contributed by atoms with van der Waals surface area (Å²) in [6.45, 7) is 1.68. The molecule has 2 N–H and O–H groups in total. The van der Waals surface area contributed by atoms with Gasteiger partial charge in [0.25, 0.3) is 0 Å². The summed E-state index contributed by atoms with van der Waals surface area (Å²) in [5, 5.41) is 11.4. The number of carbonyl (C=O) groups excluding carboxylic acids is 2. The van der Waals surface area contributed by atoms with E-state index >= 15 is 0 Å². The van der Waals surface area contributed by atoms with Crippen molar-refractivity contribution in [3.8, 4) is 0 Å². The number of benzene rings is 1. The van der Waals surface area contributed by atoms with Crippen molar-refractivity contribution in [2.75, 3.05) is 11.4 Å². The molecule has 1 heterocycles. The van der Waals surface area contributed by atoms with Gasteiger partial charge in [-0.15, -0.1) is 0 Å². The van der Waals surface area contributed by atoms with Crippen LogP contribution in [0.15, 0.2) is 30.3 Å². The number of anilines is 1. The zero-order valence-corrected chi connectivity index (χ0v) is 11.1. The van der Waals surface area contributed by atoms with Crippen molar-refractivity contribution in [1.82, 2.24) is 5.32 Å². The van der Waals surface area contributed by atoms with Gasteiger partial charge < -0.3 is 15.3 Å². The predicted molar refractivity (Wildman–Crippen MR) is 72.1 cm³/mol. The lowest BCUT2D eigenvalue weighted by molar-refractivity contribution is -0.146. The van der Waals surface area contributed by atoms with E-state index in [1.807, 2.05) is 30.3 Å². The summed E-state index contributed by atoms with van der Waals surface area (Å²) in [5.74, 6) is -2.93. The number of rotatable bonds is 4. The molecule has 20 heavy (non-hydrogen) atoms. The molecular formula is C14H16N2O4. The number of hydrogen-bond acceptors (Lipinski definition) is 3. The Morgan fingerprint density at radius 3 is 2.60 bits per heavy atom. The van der Waals surface area contributed by atoms with E-state index in [9.17, 15) is 14.4 Å². The molecule has 0 spiro atoms. The fraction of sp³-hybridized carbons (Fsp3) is 0.357. The molecule has 6 heteroatoms. The molecule has 2 unspecified atom stereocenters. The summed E-state index contributed by atoms with van der Waals surface area (Å²) < 4.78 is 0. The van der Waals surface area contributed by atoms with Crippen molar-refractivity contribution in [2.24, 2.45) is 5.92 Å². The topological polar surface area (TPSA) is 86.7 Å². The van der Waals surface area contributed by atoms with Crippen LogP contribution in [0, 0.1) is 5.92 Å². The van der Waals surface area contributed by atoms with E-state index in [-0.39, 0.29) is 18.4 Å². The quantitative estimate of drug-likeness (QED) is 0.790. The molecule has 2 rings (SSSR count). The van der Waals surface area contributed by atoms with Gasteiger partial charge >= 0.3 is 5.97 Å². The second kappa shape index (κ2) is 5.73. The maximum Gasteiger partial charge on any atom is 0.315 e. The van der Waals surface area contributed by atoms with Crippen molar-refractivity contribution < 1.29 is 19.5 Å². The highest BCUT2D eigenvalue weighted by atomic mass is 16.4. The first-order chi connectivity index (χ1) is 9.49. The summed E-state index contributed by atoms with van der Waals surface area (Å²) in [6.07, 6.45) is 0.187. The maximum atomic E-state index is 11.9. The van der Waals surface area contributed by atoms with E-state index in [4.69, 9.17) is 5.11 Å². The third-order valence-corrected chi connectivity index (χ3v) is 3.30. The molecule has 1 fully saturated rings. The molecule has 1 aromatic carbocycles. The maximum absolute atomic E-state index is 11.9. The molecule has 1 saturated heterocycles. The smallest absolute Gasteiger partial charge is 0.315 e. The van der Waals surface area contributed by atoms with Gasteiger partial charge in [-0.25, -0.2) is 0 Å². The molecule has 0 aliphatic carbocycles. The first-order valence-corrected chi connectivity index (χ1v) is 6.37. The number of para-hydroxylation sites is 1. The third kappa shape index (κ3) is 2.96. The Morgan fingerprint density at radius 2 is 2.00 bits per heavy atom. The first-order valence-electron chi connectivity index (χ1n) is 6.37. The van der Waals surface area contributed by atoms with Gasteiger partial charge in [-0.1, -0.05) is 18.2 Å². The van der Waals surface area contributed by atoms with Crippen LogP contribution in [0.25, 0.3) is 0 Å². The van der Waals surface area contributed by atoms with Crippen molar-refractivity contribution in [2.45, 2.75) is 19.4 Å². The normalized spacial score (nSPS) is 19.8.